The third-order valence-electron chi connectivity index (χ3n) is 3.37. The zero-order valence-corrected chi connectivity index (χ0v) is 9.05. The first kappa shape index (κ1) is 9.78. The van der Waals surface area contributed by atoms with E-state index in [0.29, 0.717) is 6.04 Å². The SMILES string of the molecule is CCc1occc1C(NC)C1CCC1. The molecule has 1 unspecified atom stereocenters. The van der Waals surface area contributed by atoms with Gasteiger partial charge in [-0.15, -0.1) is 0 Å². The van der Waals surface area contributed by atoms with Crippen LogP contribution in [0.3, 0.4) is 0 Å². The Labute approximate surface area is 85.7 Å². The molecule has 1 aromatic heterocycles. The molecular formula is C12H19NO. The average molecular weight is 193 g/mol. The summed E-state index contributed by atoms with van der Waals surface area (Å²) in [5, 5.41) is 3.42. The Morgan fingerprint density at radius 1 is 1.57 bits per heavy atom. The molecule has 1 aromatic rings. The van der Waals surface area contributed by atoms with Gasteiger partial charge in [0.15, 0.2) is 0 Å². The maximum Gasteiger partial charge on any atom is 0.108 e. The molecule has 2 nitrogen and oxygen atoms in total. The molecule has 2 heteroatoms. The molecule has 1 atom stereocenters. The van der Waals surface area contributed by atoms with E-state index in [-0.39, 0.29) is 0 Å². The third-order valence-corrected chi connectivity index (χ3v) is 3.37. The van der Waals surface area contributed by atoms with Crippen molar-refractivity contribution in [1.29, 1.82) is 0 Å². The summed E-state index contributed by atoms with van der Waals surface area (Å²) in [6, 6.07) is 2.63. The molecule has 2 rings (SSSR count). The Kier molecular flexibility index (Phi) is 2.92. The van der Waals surface area contributed by atoms with Crippen LogP contribution < -0.4 is 5.32 Å². The molecule has 0 spiro atoms. The van der Waals surface area contributed by atoms with Gasteiger partial charge in [0.2, 0.25) is 0 Å². The van der Waals surface area contributed by atoms with Crippen molar-refractivity contribution in [3.8, 4) is 0 Å². The lowest BCUT2D eigenvalue weighted by atomic mass is 9.77. The van der Waals surface area contributed by atoms with Gasteiger partial charge in [-0.1, -0.05) is 13.3 Å². The van der Waals surface area contributed by atoms with Crippen LogP contribution in [0.25, 0.3) is 0 Å². The fraction of sp³-hybridized carbons (Fsp3) is 0.667. The summed E-state index contributed by atoms with van der Waals surface area (Å²) in [4.78, 5) is 0. The molecule has 0 saturated heterocycles. The highest BCUT2D eigenvalue weighted by molar-refractivity contribution is 5.22. The van der Waals surface area contributed by atoms with Gasteiger partial charge in [-0.3, -0.25) is 0 Å². The molecule has 1 saturated carbocycles. The Bertz CT molecular complexity index is 288. The molecule has 0 bridgehead atoms. The van der Waals surface area contributed by atoms with Crippen LogP contribution in [0.4, 0.5) is 0 Å². The third kappa shape index (κ3) is 1.59. The second-order valence-electron chi connectivity index (χ2n) is 4.11. The summed E-state index contributed by atoms with van der Waals surface area (Å²) in [7, 11) is 2.05. The second-order valence-corrected chi connectivity index (χ2v) is 4.11. The van der Waals surface area contributed by atoms with Crippen LogP contribution >= 0.6 is 0 Å². The van der Waals surface area contributed by atoms with E-state index in [1.807, 2.05) is 6.26 Å². The monoisotopic (exact) mass is 193 g/mol. The van der Waals surface area contributed by atoms with Crippen LogP contribution in [0.1, 0.15) is 43.6 Å². The van der Waals surface area contributed by atoms with Crippen molar-refractivity contribution in [1.82, 2.24) is 5.32 Å². The van der Waals surface area contributed by atoms with Crippen LogP contribution in [0.2, 0.25) is 0 Å². The van der Waals surface area contributed by atoms with Crippen molar-refractivity contribution in [2.75, 3.05) is 7.05 Å². The molecule has 1 N–H and O–H groups in total. The number of rotatable bonds is 4. The lowest BCUT2D eigenvalue weighted by molar-refractivity contribution is 0.237. The normalized spacial score (nSPS) is 19.3. The maximum atomic E-state index is 5.48. The minimum Gasteiger partial charge on any atom is -0.469 e. The van der Waals surface area contributed by atoms with Crippen molar-refractivity contribution < 1.29 is 4.42 Å². The zero-order valence-electron chi connectivity index (χ0n) is 9.05. The first-order chi connectivity index (χ1) is 6.86. The molecule has 1 fully saturated rings. The minimum atomic E-state index is 0.512. The fourth-order valence-electron chi connectivity index (χ4n) is 2.33. The van der Waals surface area contributed by atoms with Gasteiger partial charge in [-0.05, 0) is 31.9 Å². The van der Waals surface area contributed by atoms with Crippen molar-refractivity contribution >= 4 is 0 Å². The van der Waals surface area contributed by atoms with Gasteiger partial charge in [0.25, 0.3) is 0 Å². The van der Waals surface area contributed by atoms with E-state index in [1.165, 1.54) is 24.8 Å². The minimum absolute atomic E-state index is 0.512. The number of hydrogen-bond acceptors (Lipinski definition) is 2. The second kappa shape index (κ2) is 4.18. The maximum absolute atomic E-state index is 5.48. The predicted molar refractivity (Wildman–Crippen MR) is 57.2 cm³/mol. The van der Waals surface area contributed by atoms with Gasteiger partial charge in [0.05, 0.1) is 6.26 Å². The van der Waals surface area contributed by atoms with E-state index in [4.69, 9.17) is 4.42 Å². The van der Waals surface area contributed by atoms with Gasteiger partial charge in [-0.25, -0.2) is 0 Å². The molecule has 0 radical (unpaired) electrons. The van der Waals surface area contributed by atoms with Gasteiger partial charge < -0.3 is 9.73 Å². The molecule has 1 aliphatic rings. The Morgan fingerprint density at radius 3 is 2.86 bits per heavy atom. The molecule has 78 valence electrons. The lowest BCUT2D eigenvalue weighted by Gasteiger charge is -2.33. The topological polar surface area (TPSA) is 25.2 Å². The molecule has 0 amide bonds. The van der Waals surface area contributed by atoms with Crippen molar-refractivity contribution in [3.05, 3.63) is 23.7 Å². The fourth-order valence-corrected chi connectivity index (χ4v) is 2.33. The van der Waals surface area contributed by atoms with Crippen LogP contribution in [0.15, 0.2) is 16.7 Å². The smallest absolute Gasteiger partial charge is 0.108 e. The van der Waals surface area contributed by atoms with Crippen molar-refractivity contribution in [2.24, 2.45) is 5.92 Å². The molecule has 0 aliphatic heterocycles. The van der Waals surface area contributed by atoms with Crippen LogP contribution in [0, 0.1) is 5.92 Å². The molecule has 1 heterocycles. The highest BCUT2D eigenvalue weighted by Gasteiger charge is 2.29. The Hall–Kier alpha value is -0.760. The highest BCUT2D eigenvalue weighted by Crippen LogP contribution is 2.38. The zero-order chi connectivity index (χ0) is 9.97. The summed E-state index contributed by atoms with van der Waals surface area (Å²) in [6.45, 7) is 2.15. The van der Waals surface area contributed by atoms with Crippen molar-refractivity contribution in [2.45, 2.75) is 38.6 Å². The summed E-state index contributed by atoms with van der Waals surface area (Å²) >= 11 is 0. The van der Waals surface area contributed by atoms with Crippen LogP contribution in [-0.2, 0) is 6.42 Å². The summed E-state index contributed by atoms with van der Waals surface area (Å²) in [5.41, 5.74) is 1.37. The van der Waals surface area contributed by atoms with Gasteiger partial charge in [-0.2, -0.15) is 0 Å². The molecule has 0 aromatic carbocycles. The first-order valence-corrected chi connectivity index (χ1v) is 5.60. The van der Waals surface area contributed by atoms with E-state index in [1.54, 1.807) is 0 Å². The van der Waals surface area contributed by atoms with E-state index in [2.05, 4.69) is 25.4 Å². The number of furan rings is 1. The molecular weight excluding hydrogens is 174 g/mol. The standard InChI is InChI=1S/C12H19NO/c1-3-11-10(7-8-14-11)12(13-2)9-5-4-6-9/h7-9,12-13H,3-6H2,1-2H3. The summed E-state index contributed by atoms with van der Waals surface area (Å²) < 4.78 is 5.48. The summed E-state index contributed by atoms with van der Waals surface area (Å²) in [5.74, 6) is 1.97. The average Bonchev–Trinajstić information content (AvgIpc) is 2.58. The van der Waals surface area contributed by atoms with E-state index in [9.17, 15) is 0 Å². The number of aryl methyl sites for hydroxylation is 1. The lowest BCUT2D eigenvalue weighted by Crippen LogP contribution is -2.30. The van der Waals surface area contributed by atoms with E-state index in [0.717, 1.165) is 18.1 Å². The first-order valence-electron chi connectivity index (χ1n) is 5.60. The number of nitrogens with one attached hydrogen (secondary N) is 1. The number of hydrogen-bond donors (Lipinski definition) is 1. The van der Waals surface area contributed by atoms with Crippen molar-refractivity contribution in [3.63, 3.8) is 0 Å². The summed E-state index contributed by atoms with van der Waals surface area (Å²) in [6.07, 6.45) is 6.92. The van der Waals surface area contributed by atoms with Crippen LogP contribution in [-0.4, -0.2) is 7.05 Å². The van der Waals surface area contributed by atoms with E-state index >= 15 is 0 Å². The largest absolute Gasteiger partial charge is 0.469 e. The Morgan fingerprint density at radius 2 is 2.36 bits per heavy atom. The quantitative estimate of drug-likeness (QED) is 0.795. The van der Waals surface area contributed by atoms with E-state index < -0.39 is 0 Å². The van der Waals surface area contributed by atoms with Gasteiger partial charge >= 0.3 is 0 Å². The predicted octanol–water partition coefficient (Wildman–Crippen LogP) is 2.90. The van der Waals surface area contributed by atoms with Crippen LogP contribution in [0.5, 0.6) is 0 Å². The highest BCUT2D eigenvalue weighted by atomic mass is 16.3. The Balaban J connectivity index is 2.17. The molecule has 1 aliphatic carbocycles. The van der Waals surface area contributed by atoms with Gasteiger partial charge in [0, 0.05) is 18.0 Å². The van der Waals surface area contributed by atoms with Gasteiger partial charge in [0.1, 0.15) is 5.76 Å². The molecule has 14 heavy (non-hydrogen) atoms.